The lowest BCUT2D eigenvalue weighted by molar-refractivity contribution is -0.184. The molecule has 0 aromatic heterocycles. The van der Waals surface area contributed by atoms with Gasteiger partial charge in [-0.2, -0.15) is 0 Å². The molecule has 102 valence electrons. The fourth-order valence-corrected chi connectivity index (χ4v) is 4.20. The van der Waals surface area contributed by atoms with Gasteiger partial charge in [0.1, 0.15) is 0 Å². The van der Waals surface area contributed by atoms with Gasteiger partial charge in [0, 0.05) is 37.5 Å². The monoisotopic (exact) mass is 259 g/mol. The van der Waals surface area contributed by atoms with E-state index < -0.39 is 0 Å². The fourth-order valence-electron chi connectivity index (χ4n) is 4.20. The van der Waals surface area contributed by atoms with Crippen LogP contribution in [0, 0.1) is 0 Å². The van der Waals surface area contributed by atoms with Crippen LogP contribution in [0.25, 0.3) is 0 Å². The number of benzene rings is 1. The van der Waals surface area contributed by atoms with Crippen LogP contribution in [0.5, 0.6) is 0 Å². The van der Waals surface area contributed by atoms with Crippen LogP contribution in [0.4, 0.5) is 5.69 Å². The van der Waals surface area contributed by atoms with Crippen molar-refractivity contribution in [2.75, 3.05) is 31.7 Å². The van der Waals surface area contributed by atoms with Gasteiger partial charge < -0.3 is 14.4 Å². The third kappa shape index (κ3) is 1.65. The molecule has 0 bridgehead atoms. The Morgan fingerprint density at radius 1 is 1.00 bits per heavy atom. The van der Waals surface area contributed by atoms with Gasteiger partial charge in [-0.3, -0.25) is 0 Å². The lowest BCUT2D eigenvalue weighted by Gasteiger charge is -2.42. The van der Waals surface area contributed by atoms with Crippen molar-refractivity contribution in [1.82, 2.24) is 0 Å². The number of anilines is 1. The topological polar surface area (TPSA) is 21.7 Å². The molecule has 19 heavy (non-hydrogen) atoms. The molecule has 2 spiro atoms. The largest absolute Gasteiger partial charge is 0.373 e. The summed E-state index contributed by atoms with van der Waals surface area (Å²) >= 11 is 0. The van der Waals surface area contributed by atoms with Gasteiger partial charge in [0.2, 0.25) is 0 Å². The second-order valence-corrected chi connectivity index (χ2v) is 6.26. The minimum Gasteiger partial charge on any atom is -0.373 e. The van der Waals surface area contributed by atoms with E-state index in [9.17, 15) is 0 Å². The van der Waals surface area contributed by atoms with Crippen LogP contribution in [-0.4, -0.2) is 32.6 Å². The first-order valence-corrected chi connectivity index (χ1v) is 7.32. The first kappa shape index (κ1) is 11.7. The predicted molar refractivity (Wildman–Crippen MR) is 74.5 cm³/mol. The molecule has 2 heterocycles. The summed E-state index contributed by atoms with van der Waals surface area (Å²) in [6.07, 6.45) is 4.42. The highest BCUT2D eigenvalue weighted by molar-refractivity contribution is 5.62. The predicted octanol–water partition coefficient (Wildman–Crippen LogP) is 2.69. The Balaban J connectivity index is 1.64. The molecule has 3 heteroatoms. The fraction of sp³-hybridized carbons (Fsp3) is 0.625. The Bertz CT molecular complexity index is 483. The summed E-state index contributed by atoms with van der Waals surface area (Å²) in [5, 5.41) is 0. The molecule has 3 nitrogen and oxygen atoms in total. The van der Waals surface area contributed by atoms with Gasteiger partial charge in [-0.25, -0.2) is 0 Å². The first-order valence-electron chi connectivity index (χ1n) is 7.32. The zero-order chi connectivity index (χ0) is 12.9. The van der Waals surface area contributed by atoms with E-state index in [-0.39, 0.29) is 5.79 Å². The maximum atomic E-state index is 5.86. The minimum atomic E-state index is -0.249. The molecule has 3 aliphatic rings. The number of nitrogens with zero attached hydrogens (tertiary/aromatic N) is 1. The van der Waals surface area contributed by atoms with E-state index >= 15 is 0 Å². The van der Waals surface area contributed by atoms with Crippen molar-refractivity contribution in [1.29, 1.82) is 0 Å². The number of para-hydroxylation sites is 1. The Morgan fingerprint density at radius 2 is 1.68 bits per heavy atom. The zero-order valence-corrected chi connectivity index (χ0v) is 11.5. The molecule has 1 aliphatic carbocycles. The Kier molecular flexibility index (Phi) is 2.45. The molecule has 0 N–H and O–H groups in total. The number of likely N-dealkylation sites (N-methyl/N-ethyl adjacent to an activating group) is 1. The molecular weight excluding hydrogens is 238 g/mol. The summed E-state index contributed by atoms with van der Waals surface area (Å²) in [6, 6.07) is 8.87. The van der Waals surface area contributed by atoms with Crippen LogP contribution >= 0.6 is 0 Å². The van der Waals surface area contributed by atoms with E-state index in [0.717, 1.165) is 32.6 Å². The van der Waals surface area contributed by atoms with Gasteiger partial charge >= 0.3 is 0 Å². The average molecular weight is 259 g/mol. The zero-order valence-electron chi connectivity index (χ0n) is 11.5. The summed E-state index contributed by atoms with van der Waals surface area (Å²) in [4.78, 5) is 2.41. The van der Waals surface area contributed by atoms with E-state index in [0.29, 0.717) is 5.41 Å². The van der Waals surface area contributed by atoms with Crippen LogP contribution in [0.15, 0.2) is 24.3 Å². The molecule has 1 saturated carbocycles. The Morgan fingerprint density at radius 3 is 2.42 bits per heavy atom. The van der Waals surface area contributed by atoms with Gasteiger partial charge in [0.25, 0.3) is 0 Å². The average Bonchev–Trinajstić information content (AvgIpc) is 3.00. The summed E-state index contributed by atoms with van der Waals surface area (Å²) in [6.45, 7) is 2.68. The van der Waals surface area contributed by atoms with Crippen molar-refractivity contribution in [3.63, 3.8) is 0 Å². The molecule has 0 amide bonds. The van der Waals surface area contributed by atoms with Gasteiger partial charge in [0.15, 0.2) is 5.79 Å². The molecule has 0 radical (unpaired) electrons. The normalized spacial score (nSPS) is 27.1. The van der Waals surface area contributed by atoms with E-state index in [2.05, 4.69) is 36.2 Å². The second-order valence-electron chi connectivity index (χ2n) is 6.26. The molecule has 1 saturated heterocycles. The van der Waals surface area contributed by atoms with Crippen LogP contribution in [0.1, 0.15) is 31.2 Å². The highest BCUT2D eigenvalue weighted by Crippen LogP contribution is 2.52. The quantitative estimate of drug-likeness (QED) is 0.715. The smallest absolute Gasteiger partial charge is 0.168 e. The second kappa shape index (κ2) is 3.97. The van der Waals surface area contributed by atoms with Crippen LogP contribution in [0.2, 0.25) is 0 Å². The number of hydrogen-bond acceptors (Lipinski definition) is 3. The van der Waals surface area contributed by atoms with Crippen molar-refractivity contribution < 1.29 is 9.47 Å². The first-order chi connectivity index (χ1) is 9.23. The minimum absolute atomic E-state index is 0.249. The van der Waals surface area contributed by atoms with E-state index in [1.807, 2.05) is 0 Å². The van der Waals surface area contributed by atoms with Gasteiger partial charge in [-0.1, -0.05) is 18.2 Å². The molecule has 0 atom stereocenters. The number of fused-ring (bicyclic) bond motifs is 2. The van der Waals surface area contributed by atoms with Crippen molar-refractivity contribution in [2.24, 2.45) is 0 Å². The molecule has 4 rings (SSSR count). The molecule has 1 aromatic rings. The van der Waals surface area contributed by atoms with Crippen molar-refractivity contribution in [3.8, 4) is 0 Å². The standard InChI is InChI=1S/C16H21NO2/c1-17-12-15(13-4-2-3-5-14(13)17)6-8-16(9-7-15)18-10-11-19-16/h2-5H,6-12H2,1H3. The van der Waals surface area contributed by atoms with Crippen LogP contribution < -0.4 is 4.90 Å². The third-order valence-electron chi connectivity index (χ3n) is 5.21. The van der Waals surface area contributed by atoms with E-state index in [1.165, 1.54) is 24.1 Å². The van der Waals surface area contributed by atoms with Crippen molar-refractivity contribution in [3.05, 3.63) is 29.8 Å². The molecule has 2 aliphatic heterocycles. The SMILES string of the molecule is CN1CC2(CCC3(CC2)OCCO3)c2ccccc21. The number of rotatable bonds is 0. The van der Waals surface area contributed by atoms with E-state index in [4.69, 9.17) is 9.47 Å². The van der Waals surface area contributed by atoms with Crippen molar-refractivity contribution in [2.45, 2.75) is 36.9 Å². The number of ether oxygens (including phenoxy) is 2. The molecular formula is C16H21NO2. The molecule has 2 fully saturated rings. The summed E-state index contributed by atoms with van der Waals surface area (Å²) in [5.41, 5.74) is 3.27. The van der Waals surface area contributed by atoms with Gasteiger partial charge in [-0.05, 0) is 24.5 Å². The Labute approximate surface area is 114 Å². The maximum Gasteiger partial charge on any atom is 0.168 e. The number of hydrogen-bond donors (Lipinski definition) is 0. The van der Waals surface area contributed by atoms with E-state index in [1.54, 1.807) is 0 Å². The highest BCUT2D eigenvalue weighted by atomic mass is 16.7. The maximum absolute atomic E-state index is 5.86. The lowest BCUT2D eigenvalue weighted by Crippen LogP contribution is -2.44. The van der Waals surface area contributed by atoms with Crippen molar-refractivity contribution >= 4 is 5.69 Å². The van der Waals surface area contributed by atoms with Crippen LogP contribution in [-0.2, 0) is 14.9 Å². The molecule has 1 aromatic carbocycles. The van der Waals surface area contributed by atoms with Gasteiger partial charge in [-0.15, -0.1) is 0 Å². The summed E-state index contributed by atoms with van der Waals surface area (Å²) < 4.78 is 11.7. The summed E-state index contributed by atoms with van der Waals surface area (Å²) in [5.74, 6) is -0.249. The van der Waals surface area contributed by atoms with Crippen LogP contribution in [0.3, 0.4) is 0 Å². The van der Waals surface area contributed by atoms with Gasteiger partial charge in [0.05, 0.1) is 13.2 Å². The lowest BCUT2D eigenvalue weighted by atomic mass is 9.69. The summed E-state index contributed by atoms with van der Waals surface area (Å²) in [7, 11) is 2.21. The highest BCUT2D eigenvalue weighted by Gasteiger charge is 2.50. The third-order valence-corrected chi connectivity index (χ3v) is 5.21. The Hall–Kier alpha value is -1.06. The molecule has 0 unspecified atom stereocenters.